The van der Waals surface area contributed by atoms with E-state index in [4.69, 9.17) is 18.9 Å². The number of fused-ring (bicyclic) bond motifs is 1. The summed E-state index contributed by atoms with van der Waals surface area (Å²) in [5.74, 6) is 0.228. The molecule has 0 bridgehead atoms. The summed E-state index contributed by atoms with van der Waals surface area (Å²) in [6.45, 7) is 7.99. The minimum absolute atomic E-state index is 0.479. The molecule has 6 heteroatoms. The molecule has 0 saturated heterocycles. The average Bonchev–Trinajstić information content (AvgIpc) is 2.81. The lowest BCUT2D eigenvalue weighted by Gasteiger charge is -2.37. The molecule has 0 fully saturated rings. The van der Waals surface area contributed by atoms with Crippen molar-refractivity contribution in [3.63, 3.8) is 0 Å². The largest absolute Gasteiger partial charge is 0.488 e. The molecule has 0 spiro atoms. The number of carbonyl (C=O) groups is 2. The van der Waals surface area contributed by atoms with Gasteiger partial charge in [0.2, 0.25) is 0 Å². The summed E-state index contributed by atoms with van der Waals surface area (Å²) in [4.78, 5) is 25.0. The van der Waals surface area contributed by atoms with Gasteiger partial charge in [0.05, 0.1) is 14.2 Å². The normalized spacial score (nSPS) is 15.5. The highest BCUT2D eigenvalue weighted by atomic mass is 16.6. The molecule has 1 unspecified atom stereocenters. The predicted molar refractivity (Wildman–Crippen MR) is 116 cm³/mol. The lowest BCUT2D eigenvalue weighted by molar-refractivity contribution is -0.175. The van der Waals surface area contributed by atoms with Crippen molar-refractivity contribution in [2.45, 2.75) is 53.2 Å². The highest BCUT2D eigenvalue weighted by Gasteiger charge is 2.53. The Morgan fingerprint density at radius 1 is 1.00 bits per heavy atom. The molecule has 3 rings (SSSR count). The molecule has 0 N–H and O–H groups in total. The second-order valence-corrected chi connectivity index (χ2v) is 8.12. The molecule has 166 valence electrons. The van der Waals surface area contributed by atoms with Crippen molar-refractivity contribution in [2.75, 3.05) is 14.2 Å². The molecular formula is C25H30O6. The van der Waals surface area contributed by atoms with Crippen LogP contribution in [0.25, 0.3) is 0 Å². The molecule has 0 amide bonds. The summed E-state index contributed by atoms with van der Waals surface area (Å²) in [6.07, 6.45) is 0.446. The van der Waals surface area contributed by atoms with E-state index in [9.17, 15) is 9.59 Å². The van der Waals surface area contributed by atoms with Gasteiger partial charge in [-0.05, 0) is 62.8 Å². The molecule has 0 aromatic heterocycles. The SMILES string of the molecule is COC(=O)C(C)(C(=O)OC)C1CCc2c(C)c(OCc3ccccc3)c(C)c(C)c2O1. The molecule has 31 heavy (non-hydrogen) atoms. The second kappa shape index (κ2) is 9.00. The van der Waals surface area contributed by atoms with Crippen LogP contribution in [-0.4, -0.2) is 32.3 Å². The lowest BCUT2D eigenvalue weighted by Crippen LogP contribution is -2.51. The van der Waals surface area contributed by atoms with Gasteiger partial charge in [0.25, 0.3) is 0 Å². The van der Waals surface area contributed by atoms with E-state index in [-0.39, 0.29) is 0 Å². The molecule has 1 aliphatic heterocycles. The summed E-state index contributed by atoms with van der Waals surface area (Å²) in [6, 6.07) is 10.0. The number of methoxy groups -OCH3 is 2. The quantitative estimate of drug-likeness (QED) is 0.508. The van der Waals surface area contributed by atoms with Crippen LogP contribution in [0.4, 0.5) is 0 Å². The molecule has 1 heterocycles. The molecule has 1 atom stereocenters. The maximum absolute atomic E-state index is 12.5. The van der Waals surface area contributed by atoms with Gasteiger partial charge in [0, 0.05) is 5.56 Å². The number of hydrogen-bond acceptors (Lipinski definition) is 6. The zero-order valence-corrected chi connectivity index (χ0v) is 19.0. The third kappa shape index (κ3) is 3.99. The first kappa shape index (κ1) is 22.7. The van der Waals surface area contributed by atoms with Gasteiger partial charge in [-0.25, -0.2) is 0 Å². The molecule has 6 nitrogen and oxygen atoms in total. The van der Waals surface area contributed by atoms with Crippen molar-refractivity contribution in [3.8, 4) is 11.5 Å². The van der Waals surface area contributed by atoms with Crippen molar-refractivity contribution < 1.29 is 28.5 Å². The number of ether oxygens (including phenoxy) is 4. The zero-order chi connectivity index (χ0) is 22.8. The van der Waals surface area contributed by atoms with Crippen LogP contribution in [0.15, 0.2) is 30.3 Å². The van der Waals surface area contributed by atoms with Crippen molar-refractivity contribution in [2.24, 2.45) is 5.41 Å². The van der Waals surface area contributed by atoms with Gasteiger partial charge in [-0.15, -0.1) is 0 Å². The van der Waals surface area contributed by atoms with E-state index in [1.807, 2.05) is 51.1 Å². The van der Waals surface area contributed by atoms with Crippen LogP contribution < -0.4 is 9.47 Å². The number of benzene rings is 2. The molecule has 2 aromatic rings. The van der Waals surface area contributed by atoms with Crippen LogP contribution in [0.3, 0.4) is 0 Å². The fourth-order valence-electron chi connectivity index (χ4n) is 4.22. The standard InChI is InChI=1S/C25H30O6/c1-15-16(2)22-19(17(3)21(15)30-14-18-10-8-7-9-11-18)12-13-20(31-22)25(4,23(26)28-5)24(27)29-6/h7-11,20H,12-14H2,1-6H3. The van der Waals surface area contributed by atoms with Gasteiger partial charge in [-0.1, -0.05) is 30.3 Å². The first-order valence-electron chi connectivity index (χ1n) is 10.4. The number of esters is 2. The van der Waals surface area contributed by atoms with Gasteiger partial charge in [-0.2, -0.15) is 0 Å². The maximum atomic E-state index is 12.5. The molecule has 1 aliphatic rings. The third-order valence-corrected chi connectivity index (χ3v) is 6.32. The van der Waals surface area contributed by atoms with Crippen LogP contribution in [0.5, 0.6) is 11.5 Å². The lowest BCUT2D eigenvalue weighted by atomic mass is 9.79. The van der Waals surface area contributed by atoms with Gasteiger partial charge in [-0.3, -0.25) is 9.59 Å². The van der Waals surface area contributed by atoms with Crippen LogP contribution in [0, 0.1) is 26.2 Å². The van der Waals surface area contributed by atoms with Crippen LogP contribution in [0.2, 0.25) is 0 Å². The predicted octanol–water partition coefficient (Wildman–Crippen LogP) is 4.24. The molecule has 0 radical (unpaired) electrons. The van der Waals surface area contributed by atoms with E-state index in [0.717, 1.165) is 33.6 Å². The van der Waals surface area contributed by atoms with Crippen LogP contribution >= 0.6 is 0 Å². The minimum atomic E-state index is -1.54. The summed E-state index contributed by atoms with van der Waals surface area (Å²) in [7, 11) is 2.52. The van der Waals surface area contributed by atoms with E-state index in [1.54, 1.807) is 0 Å². The van der Waals surface area contributed by atoms with E-state index in [2.05, 4.69) is 0 Å². The molecule has 0 saturated carbocycles. The highest BCUT2D eigenvalue weighted by molar-refractivity contribution is 6.00. The Labute approximate surface area is 183 Å². The van der Waals surface area contributed by atoms with Crippen LogP contribution in [-0.2, 0) is 32.1 Å². The van der Waals surface area contributed by atoms with E-state index in [1.165, 1.54) is 21.1 Å². The summed E-state index contributed by atoms with van der Waals surface area (Å²) >= 11 is 0. The van der Waals surface area contributed by atoms with E-state index in [0.29, 0.717) is 25.2 Å². The second-order valence-electron chi connectivity index (χ2n) is 8.12. The van der Waals surface area contributed by atoms with Crippen molar-refractivity contribution in [1.29, 1.82) is 0 Å². The fourth-order valence-corrected chi connectivity index (χ4v) is 4.22. The van der Waals surface area contributed by atoms with Gasteiger partial charge < -0.3 is 18.9 Å². The Balaban J connectivity index is 1.95. The summed E-state index contributed by atoms with van der Waals surface area (Å²) in [5, 5.41) is 0. The Kier molecular flexibility index (Phi) is 6.58. The Morgan fingerprint density at radius 3 is 2.19 bits per heavy atom. The monoisotopic (exact) mass is 426 g/mol. The maximum Gasteiger partial charge on any atom is 0.326 e. The van der Waals surface area contributed by atoms with E-state index >= 15 is 0 Å². The van der Waals surface area contributed by atoms with Gasteiger partial charge in [0.1, 0.15) is 24.2 Å². The van der Waals surface area contributed by atoms with Crippen molar-refractivity contribution in [3.05, 3.63) is 58.1 Å². The minimum Gasteiger partial charge on any atom is -0.488 e. The molecule has 0 aliphatic carbocycles. The zero-order valence-electron chi connectivity index (χ0n) is 19.0. The number of carbonyl (C=O) groups excluding carboxylic acids is 2. The fraction of sp³-hybridized carbons (Fsp3) is 0.440. The first-order chi connectivity index (χ1) is 14.7. The Hall–Kier alpha value is -3.02. The van der Waals surface area contributed by atoms with Crippen molar-refractivity contribution >= 4 is 11.9 Å². The smallest absolute Gasteiger partial charge is 0.326 e. The topological polar surface area (TPSA) is 71.1 Å². The molecule has 2 aromatic carbocycles. The summed E-state index contributed by atoms with van der Waals surface area (Å²) in [5.41, 5.74) is 3.53. The first-order valence-corrected chi connectivity index (χ1v) is 10.4. The van der Waals surface area contributed by atoms with Crippen LogP contribution in [0.1, 0.15) is 41.2 Å². The van der Waals surface area contributed by atoms with Gasteiger partial charge >= 0.3 is 11.9 Å². The third-order valence-electron chi connectivity index (χ3n) is 6.32. The highest BCUT2D eigenvalue weighted by Crippen LogP contribution is 2.44. The Bertz CT molecular complexity index is 963. The summed E-state index contributed by atoms with van der Waals surface area (Å²) < 4.78 is 22.3. The molecular weight excluding hydrogens is 396 g/mol. The number of rotatable bonds is 6. The van der Waals surface area contributed by atoms with E-state index < -0.39 is 23.5 Å². The van der Waals surface area contributed by atoms with Crippen molar-refractivity contribution in [1.82, 2.24) is 0 Å². The Morgan fingerprint density at radius 2 is 1.61 bits per heavy atom. The number of hydrogen-bond donors (Lipinski definition) is 0. The van der Waals surface area contributed by atoms with Gasteiger partial charge in [0.15, 0.2) is 5.41 Å². The average molecular weight is 427 g/mol.